The summed E-state index contributed by atoms with van der Waals surface area (Å²) in [4.78, 5) is 11.1. The van der Waals surface area contributed by atoms with Crippen molar-refractivity contribution in [3.63, 3.8) is 0 Å². The van der Waals surface area contributed by atoms with Crippen LogP contribution in [0.4, 0.5) is 0 Å². The number of benzene rings is 2. The van der Waals surface area contributed by atoms with E-state index in [1.54, 1.807) is 18.2 Å². The Morgan fingerprint density at radius 3 is 2.70 bits per heavy atom. The van der Waals surface area contributed by atoms with Gasteiger partial charge in [0.2, 0.25) is 0 Å². The molecule has 0 atom stereocenters. The number of carbonyl (C=O) groups is 1. The van der Waals surface area contributed by atoms with E-state index in [4.69, 9.17) is 21.1 Å². The topological polar surface area (TPSA) is 35.5 Å². The van der Waals surface area contributed by atoms with Crippen molar-refractivity contribution in [2.24, 2.45) is 0 Å². The normalized spacial score (nSPS) is 10.2. The first-order valence-electron chi connectivity index (χ1n) is 5.84. The van der Waals surface area contributed by atoms with Crippen LogP contribution in [-0.4, -0.2) is 13.4 Å². The van der Waals surface area contributed by atoms with Gasteiger partial charge in [-0.25, -0.2) is 0 Å². The minimum atomic E-state index is 0.262. The molecule has 0 aliphatic carbocycles. The number of ether oxygens (including phenoxy) is 2. The van der Waals surface area contributed by atoms with Gasteiger partial charge in [-0.15, -0.1) is 0 Å². The molecule has 3 nitrogen and oxygen atoms in total. The predicted octanol–water partition coefficient (Wildman–Crippen LogP) is 4.50. The van der Waals surface area contributed by atoms with Gasteiger partial charge in [-0.3, -0.25) is 4.79 Å². The molecule has 2 aromatic carbocycles. The van der Waals surface area contributed by atoms with E-state index >= 15 is 0 Å². The molecular formula is C15H12BrClO3. The van der Waals surface area contributed by atoms with Crippen molar-refractivity contribution in [2.75, 3.05) is 7.11 Å². The second kappa shape index (κ2) is 6.77. The van der Waals surface area contributed by atoms with Crippen LogP contribution < -0.4 is 9.47 Å². The number of halogens is 2. The average Bonchev–Trinajstić information content (AvgIpc) is 2.46. The Morgan fingerprint density at radius 1 is 1.30 bits per heavy atom. The Hall–Kier alpha value is -1.52. The van der Waals surface area contributed by atoms with E-state index in [2.05, 4.69) is 15.9 Å². The van der Waals surface area contributed by atoms with Crippen molar-refractivity contribution >= 4 is 33.8 Å². The van der Waals surface area contributed by atoms with Crippen LogP contribution >= 0.6 is 27.5 Å². The van der Waals surface area contributed by atoms with Crippen LogP contribution in [0.3, 0.4) is 0 Å². The van der Waals surface area contributed by atoms with Crippen LogP contribution in [0, 0.1) is 0 Å². The van der Waals surface area contributed by atoms with Gasteiger partial charge in [0.15, 0.2) is 17.8 Å². The maximum Gasteiger partial charge on any atom is 0.172 e. The van der Waals surface area contributed by atoms with Gasteiger partial charge >= 0.3 is 0 Å². The van der Waals surface area contributed by atoms with Crippen molar-refractivity contribution in [1.82, 2.24) is 0 Å². The van der Waals surface area contributed by atoms with E-state index in [1.165, 1.54) is 7.11 Å². The summed E-state index contributed by atoms with van der Waals surface area (Å²) in [5, 5.41) is 0.622. The summed E-state index contributed by atoms with van der Waals surface area (Å²) in [5.41, 5.74) is 1.26. The predicted molar refractivity (Wildman–Crippen MR) is 81.9 cm³/mol. The number of hydrogen-bond donors (Lipinski definition) is 0. The van der Waals surface area contributed by atoms with Gasteiger partial charge in [-0.05, 0) is 18.2 Å². The molecule has 0 aliphatic heterocycles. The lowest BCUT2D eigenvalue weighted by Gasteiger charge is -2.14. The highest BCUT2D eigenvalue weighted by molar-refractivity contribution is 9.10. The highest BCUT2D eigenvalue weighted by Crippen LogP contribution is 2.34. The Morgan fingerprint density at radius 2 is 2.05 bits per heavy atom. The van der Waals surface area contributed by atoms with Crippen LogP contribution in [-0.2, 0) is 6.61 Å². The van der Waals surface area contributed by atoms with Crippen molar-refractivity contribution in [1.29, 1.82) is 0 Å². The summed E-state index contributed by atoms with van der Waals surface area (Å²) < 4.78 is 11.7. The summed E-state index contributed by atoms with van der Waals surface area (Å²) in [6.07, 6.45) is 0.731. The van der Waals surface area contributed by atoms with Gasteiger partial charge in [0, 0.05) is 15.1 Å². The largest absolute Gasteiger partial charge is 0.493 e. The molecule has 0 N–H and O–H groups in total. The zero-order valence-electron chi connectivity index (χ0n) is 10.7. The third kappa shape index (κ3) is 3.32. The maximum atomic E-state index is 11.1. The lowest BCUT2D eigenvalue weighted by molar-refractivity contribution is 0.111. The standard InChI is InChI=1S/C15H12BrClO3/c1-19-14-7-12(16)6-11(8-18)15(14)20-9-10-4-2-3-5-13(10)17/h2-8H,9H2,1H3. The molecule has 104 valence electrons. The van der Waals surface area contributed by atoms with E-state index in [-0.39, 0.29) is 6.61 Å². The molecule has 0 aromatic heterocycles. The van der Waals surface area contributed by atoms with Gasteiger partial charge in [-0.2, -0.15) is 0 Å². The van der Waals surface area contributed by atoms with Crippen LogP contribution in [0.15, 0.2) is 40.9 Å². The summed E-state index contributed by atoms with van der Waals surface area (Å²) in [6.45, 7) is 0.262. The lowest BCUT2D eigenvalue weighted by atomic mass is 10.2. The lowest BCUT2D eigenvalue weighted by Crippen LogP contribution is -2.01. The first-order chi connectivity index (χ1) is 9.65. The van der Waals surface area contributed by atoms with Crippen molar-refractivity contribution in [2.45, 2.75) is 6.61 Å². The van der Waals surface area contributed by atoms with E-state index in [0.717, 1.165) is 16.3 Å². The number of rotatable bonds is 5. The second-order valence-electron chi connectivity index (χ2n) is 4.02. The zero-order valence-corrected chi connectivity index (χ0v) is 13.1. The van der Waals surface area contributed by atoms with Crippen LogP contribution in [0.1, 0.15) is 15.9 Å². The third-order valence-electron chi connectivity index (χ3n) is 2.73. The maximum absolute atomic E-state index is 11.1. The number of aldehydes is 1. The van der Waals surface area contributed by atoms with Crippen LogP contribution in [0.2, 0.25) is 5.02 Å². The molecule has 0 radical (unpaired) electrons. The SMILES string of the molecule is COc1cc(Br)cc(C=O)c1OCc1ccccc1Cl. The fraction of sp³-hybridized carbons (Fsp3) is 0.133. The third-order valence-corrected chi connectivity index (χ3v) is 3.55. The van der Waals surface area contributed by atoms with E-state index in [1.807, 2.05) is 18.2 Å². The summed E-state index contributed by atoms with van der Waals surface area (Å²) in [7, 11) is 1.53. The fourth-order valence-corrected chi connectivity index (χ4v) is 2.39. The highest BCUT2D eigenvalue weighted by atomic mass is 79.9. The van der Waals surface area contributed by atoms with Crippen molar-refractivity contribution in [3.8, 4) is 11.5 Å². The highest BCUT2D eigenvalue weighted by Gasteiger charge is 2.13. The minimum absolute atomic E-state index is 0.262. The molecule has 0 heterocycles. The molecule has 20 heavy (non-hydrogen) atoms. The van der Waals surface area contributed by atoms with Gasteiger partial charge in [0.25, 0.3) is 0 Å². The first kappa shape index (κ1) is 14.9. The monoisotopic (exact) mass is 354 g/mol. The van der Waals surface area contributed by atoms with Gasteiger partial charge in [0.1, 0.15) is 6.61 Å². The molecule has 0 saturated carbocycles. The molecular weight excluding hydrogens is 344 g/mol. The van der Waals surface area contributed by atoms with Gasteiger partial charge < -0.3 is 9.47 Å². The number of carbonyl (C=O) groups excluding carboxylic acids is 1. The minimum Gasteiger partial charge on any atom is -0.493 e. The smallest absolute Gasteiger partial charge is 0.172 e. The fourth-order valence-electron chi connectivity index (χ4n) is 1.75. The first-order valence-corrected chi connectivity index (χ1v) is 7.01. The van der Waals surface area contributed by atoms with Gasteiger partial charge in [0.05, 0.1) is 12.7 Å². The Bertz CT molecular complexity index is 629. The molecule has 5 heteroatoms. The van der Waals surface area contributed by atoms with Gasteiger partial charge in [-0.1, -0.05) is 45.7 Å². The molecule has 2 aromatic rings. The Kier molecular flexibility index (Phi) is 5.04. The van der Waals surface area contributed by atoms with E-state index in [9.17, 15) is 4.79 Å². The Labute approximate surface area is 130 Å². The summed E-state index contributed by atoms with van der Waals surface area (Å²) in [5.74, 6) is 0.902. The van der Waals surface area contributed by atoms with Crippen molar-refractivity contribution < 1.29 is 14.3 Å². The molecule has 0 bridgehead atoms. The molecule has 0 spiro atoms. The quantitative estimate of drug-likeness (QED) is 0.741. The molecule has 0 saturated heterocycles. The molecule has 0 unspecified atom stereocenters. The average molecular weight is 356 g/mol. The summed E-state index contributed by atoms with van der Waals surface area (Å²) in [6, 6.07) is 10.8. The molecule has 0 aliphatic rings. The molecule has 0 amide bonds. The number of methoxy groups -OCH3 is 1. The second-order valence-corrected chi connectivity index (χ2v) is 5.35. The van der Waals surface area contributed by atoms with E-state index < -0.39 is 0 Å². The number of hydrogen-bond acceptors (Lipinski definition) is 3. The molecule has 0 fully saturated rings. The van der Waals surface area contributed by atoms with Crippen molar-refractivity contribution in [3.05, 3.63) is 57.0 Å². The van der Waals surface area contributed by atoms with E-state index in [0.29, 0.717) is 22.1 Å². The van der Waals surface area contributed by atoms with Crippen LogP contribution in [0.5, 0.6) is 11.5 Å². The molecule has 2 rings (SSSR count). The Balaban J connectivity index is 2.29. The summed E-state index contributed by atoms with van der Waals surface area (Å²) >= 11 is 9.40. The zero-order chi connectivity index (χ0) is 14.5. The van der Waals surface area contributed by atoms with Crippen LogP contribution in [0.25, 0.3) is 0 Å².